The minimum Gasteiger partial charge on any atom is -0.341 e. The minimum atomic E-state index is -0.889. The molecular formula is C14H13N3O3S. The number of benzene rings is 1. The summed E-state index contributed by atoms with van der Waals surface area (Å²) < 4.78 is 8.08. The number of rotatable bonds is 5. The molecule has 1 aromatic heterocycles. The van der Waals surface area contributed by atoms with Gasteiger partial charge in [0.25, 0.3) is 5.91 Å². The molecule has 1 aromatic carbocycles. The summed E-state index contributed by atoms with van der Waals surface area (Å²) in [6, 6.07) is 8.27. The van der Waals surface area contributed by atoms with Gasteiger partial charge >= 0.3 is 0 Å². The molecular weight excluding hydrogens is 290 g/mol. The molecule has 0 aliphatic rings. The second-order valence-corrected chi connectivity index (χ2v) is 4.97. The second kappa shape index (κ2) is 6.36. The third-order valence-corrected chi connectivity index (χ3v) is 3.37. The van der Waals surface area contributed by atoms with Crippen LogP contribution in [0.15, 0.2) is 30.3 Å². The number of nitrogens with one attached hydrogen (secondary N) is 1. The lowest BCUT2D eigenvalue weighted by molar-refractivity contribution is -0.136. The van der Waals surface area contributed by atoms with Crippen molar-refractivity contribution in [1.29, 1.82) is 0 Å². The molecule has 0 saturated carbocycles. The van der Waals surface area contributed by atoms with Gasteiger partial charge in [-0.15, -0.1) is 0 Å². The summed E-state index contributed by atoms with van der Waals surface area (Å²) in [5, 5.41) is 2.47. The van der Waals surface area contributed by atoms with Crippen LogP contribution < -0.4 is 5.32 Å². The molecule has 7 heteroatoms. The zero-order chi connectivity index (χ0) is 15.4. The van der Waals surface area contributed by atoms with Crippen LogP contribution in [-0.2, 0) is 9.59 Å². The van der Waals surface area contributed by atoms with Crippen molar-refractivity contribution < 1.29 is 14.4 Å². The molecule has 1 heterocycles. The zero-order valence-electron chi connectivity index (χ0n) is 11.5. The van der Waals surface area contributed by atoms with Crippen LogP contribution in [0.1, 0.15) is 24.3 Å². The highest BCUT2D eigenvalue weighted by atomic mass is 32.1. The van der Waals surface area contributed by atoms with Gasteiger partial charge in [-0.25, -0.2) is 0 Å². The number of nitrogens with zero attached hydrogens (tertiary/aromatic N) is 2. The van der Waals surface area contributed by atoms with Crippen molar-refractivity contribution in [2.45, 2.75) is 19.9 Å². The van der Waals surface area contributed by atoms with E-state index in [9.17, 15) is 14.4 Å². The third kappa shape index (κ3) is 3.38. The van der Waals surface area contributed by atoms with Gasteiger partial charge in [0.1, 0.15) is 5.69 Å². The van der Waals surface area contributed by atoms with E-state index >= 15 is 0 Å². The smallest absolute Gasteiger partial charge is 0.273 e. The minimum absolute atomic E-state index is 0.148. The Morgan fingerprint density at radius 2 is 1.81 bits per heavy atom. The number of aromatic nitrogens is 2. The van der Waals surface area contributed by atoms with Crippen molar-refractivity contribution in [2.24, 2.45) is 0 Å². The number of carbonyl (C=O) groups is 3. The molecule has 2 rings (SSSR count). The van der Waals surface area contributed by atoms with Crippen LogP contribution in [-0.4, -0.2) is 32.3 Å². The maximum absolute atomic E-state index is 12.2. The van der Waals surface area contributed by atoms with E-state index in [-0.39, 0.29) is 5.69 Å². The van der Waals surface area contributed by atoms with Gasteiger partial charge in [0.2, 0.25) is 5.78 Å². The first-order chi connectivity index (χ1) is 10.0. The fraction of sp³-hybridized carbons (Fsp3) is 0.214. The van der Waals surface area contributed by atoms with Crippen LogP contribution in [0, 0.1) is 0 Å². The van der Waals surface area contributed by atoms with Crippen molar-refractivity contribution in [3.63, 3.8) is 0 Å². The van der Waals surface area contributed by atoms with Crippen molar-refractivity contribution in [1.82, 2.24) is 14.1 Å². The summed E-state index contributed by atoms with van der Waals surface area (Å²) in [5.41, 5.74) is 1.37. The van der Waals surface area contributed by atoms with Gasteiger partial charge in [0.15, 0.2) is 11.5 Å². The molecule has 0 aliphatic carbocycles. The average molecular weight is 303 g/mol. The topological polar surface area (TPSA) is 89.0 Å². The predicted octanol–water partition coefficient (Wildman–Crippen LogP) is 1.48. The third-order valence-electron chi connectivity index (χ3n) is 2.84. The molecule has 0 fully saturated rings. The van der Waals surface area contributed by atoms with Gasteiger partial charge in [0.05, 0.1) is 17.8 Å². The van der Waals surface area contributed by atoms with E-state index in [2.05, 4.69) is 14.1 Å². The van der Waals surface area contributed by atoms with Crippen LogP contribution in [0.2, 0.25) is 0 Å². The highest BCUT2D eigenvalue weighted by Gasteiger charge is 2.23. The summed E-state index contributed by atoms with van der Waals surface area (Å²) in [4.78, 5) is 34.7. The van der Waals surface area contributed by atoms with E-state index in [4.69, 9.17) is 0 Å². The van der Waals surface area contributed by atoms with Crippen molar-refractivity contribution >= 4 is 29.2 Å². The first-order valence-electron chi connectivity index (χ1n) is 6.24. The number of hydrogen-bond acceptors (Lipinski definition) is 6. The van der Waals surface area contributed by atoms with E-state index in [1.165, 1.54) is 13.8 Å². The molecule has 21 heavy (non-hydrogen) atoms. The van der Waals surface area contributed by atoms with E-state index in [0.717, 1.165) is 17.3 Å². The zero-order valence-corrected chi connectivity index (χ0v) is 12.3. The van der Waals surface area contributed by atoms with E-state index in [0.29, 0.717) is 5.69 Å². The lowest BCUT2D eigenvalue weighted by atomic mass is 10.1. The summed E-state index contributed by atoms with van der Waals surface area (Å²) in [6.07, 6.45) is 0. The molecule has 1 atom stereocenters. The Morgan fingerprint density at radius 1 is 1.14 bits per heavy atom. The predicted molar refractivity (Wildman–Crippen MR) is 78.0 cm³/mol. The number of Topliss-reactive ketones (excluding diaryl/α,β-unsaturated/α-hetero) is 2. The molecule has 0 bridgehead atoms. The van der Waals surface area contributed by atoms with Gasteiger partial charge < -0.3 is 5.32 Å². The van der Waals surface area contributed by atoms with E-state index < -0.39 is 23.5 Å². The van der Waals surface area contributed by atoms with Gasteiger partial charge in [-0.3, -0.25) is 14.4 Å². The number of ketones is 2. The maximum Gasteiger partial charge on any atom is 0.273 e. The Labute approximate surface area is 125 Å². The normalized spacial score (nSPS) is 11.7. The molecule has 0 radical (unpaired) electrons. The summed E-state index contributed by atoms with van der Waals surface area (Å²) in [6.45, 7) is 2.63. The fourth-order valence-corrected chi connectivity index (χ4v) is 2.32. The van der Waals surface area contributed by atoms with E-state index in [1.807, 2.05) is 30.3 Å². The Balaban J connectivity index is 2.20. The Kier molecular flexibility index (Phi) is 4.54. The highest BCUT2D eigenvalue weighted by molar-refractivity contribution is 6.99. The number of amides is 1. The molecule has 0 aliphatic heterocycles. The molecule has 1 unspecified atom stereocenters. The molecule has 1 N–H and O–H groups in total. The average Bonchev–Trinajstić information content (AvgIpc) is 2.96. The summed E-state index contributed by atoms with van der Waals surface area (Å²) in [5.74, 6) is -1.76. The summed E-state index contributed by atoms with van der Waals surface area (Å²) >= 11 is 0.918. The maximum atomic E-state index is 12.2. The first kappa shape index (κ1) is 15.0. The quantitative estimate of drug-likeness (QED) is 0.845. The molecule has 1 amide bonds. The molecule has 0 saturated heterocycles. The highest BCUT2D eigenvalue weighted by Crippen LogP contribution is 2.21. The number of carbonyl (C=O) groups excluding carboxylic acids is 3. The van der Waals surface area contributed by atoms with Crippen molar-refractivity contribution in [3.8, 4) is 11.3 Å². The van der Waals surface area contributed by atoms with Crippen LogP contribution in [0.4, 0.5) is 0 Å². The van der Waals surface area contributed by atoms with Gasteiger partial charge in [0, 0.05) is 12.5 Å². The molecule has 2 aromatic rings. The number of hydrogen-bond donors (Lipinski definition) is 1. The Hall–Kier alpha value is -2.41. The van der Waals surface area contributed by atoms with Gasteiger partial charge in [-0.1, -0.05) is 30.3 Å². The van der Waals surface area contributed by atoms with Crippen molar-refractivity contribution in [2.75, 3.05) is 0 Å². The fourth-order valence-electron chi connectivity index (χ4n) is 1.76. The lowest BCUT2D eigenvalue weighted by Crippen LogP contribution is -2.41. The Morgan fingerprint density at radius 3 is 2.43 bits per heavy atom. The van der Waals surface area contributed by atoms with Crippen LogP contribution in [0.5, 0.6) is 0 Å². The monoisotopic (exact) mass is 303 g/mol. The van der Waals surface area contributed by atoms with Gasteiger partial charge in [-0.05, 0) is 6.92 Å². The SMILES string of the molecule is CC(=O)C(=O)C(C)NC(=O)c1nsnc1-c1ccccc1. The van der Waals surface area contributed by atoms with Crippen molar-refractivity contribution in [3.05, 3.63) is 36.0 Å². The molecule has 0 spiro atoms. The largest absolute Gasteiger partial charge is 0.341 e. The lowest BCUT2D eigenvalue weighted by Gasteiger charge is -2.10. The Bertz CT molecular complexity index is 682. The van der Waals surface area contributed by atoms with E-state index in [1.54, 1.807) is 0 Å². The van der Waals surface area contributed by atoms with Crippen LogP contribution in [0.3, 0.4) is 0 Å². The molecule has 6 nitrogen and oxygen atoms in total. The van der Waals surface area contributed by atoms with Gasteiger partial charge in [-0.2, -0.15) is 8.75 Å². The first-order valence-corrected chi connectivity index (χ1v) is 6.97. The second-order valence-electron chi connectivity index (χ2n) is 4.44. The van der Waals surface area contributed by atoms with Crippen LogP contribution in [0.25, 0.3) is 11.3 Å². The van der Waals surface area contributed by atoms with Crippen LogP contribution >= 0.6 is 11.7 Å². The standard InChI is InChI=1S/C14H13N3O3S/c1-8(13(19)9(2)18)15-14(20)12-11(16-21-17-12)10-6-4-3-5-7-10/h3-8H,1-2H3,(H,15,20). The molecule has 108 valence electrons. The summed E-state index contributed by atoms with van der Waals surface area (Å²) in [7, 11) is 0.